The van der Waals surface area contributed by atoms with E-state index in [0.29, 0.717) is 5.56 Å². The Morgan fingerprint density at radius 3 is 2.81 bits per heavy atom. The summed E-state index contributed by atoms with van der Waals surface area (Å²) in [5.74, 6) is -1.69. The summed E-state index contributed by atoms with van der Waals surface area (Å²) >= 11 is 1.04. The molecule has 2 N–H and O–H groups in total. The van der Waals surface area contributed by atoms with Gasteiger partial charge in [0, 0.05) is 49.6 Å². The number of benzene rings is 1. The highest BCUT2D eigenvalue weighted by atomic mass is 32.2. The van der Waals surface area contributed by atoms with Crippen LogP contribution in [0, 0.1) is 11.6 Å². The predicted octanol–water partition coefficient (Wildman–Crippen LogP) is 3.69. The Morgan fingerprint density at radius 2 is 2.13 bits per heavy atom. The van der Waals surface area contributed by atoms with Crippen LogP contribution in [0.4, 0.5) is 24.2 Å². The third-order valence-corrected chi connectivity index (χ3v) is 5.04. The highest BCUT2D eigenvalue weighted by molar-refractivity contribution is 7.98. The number of halogens is 2. The number of nitrogens with one attached hydrogen (secondary N) is 2. The monoisotopic (exact) mass is 453 g/mol. The van der Waals surface area contributed by atoms with Crippen LogP contribution in [0.15, 0.2) is 24.4 Å². The Balaban J connectivity index is 1.86. The van der Waals surface area contributed by atoms with Crippen molar-refractivity contribution in [2.24, 2.45) is 0 Å². The molecule has 0 spiro atoms. The molecule has 1 aliphatic heterocycles. The summed E-state index contributed by atoms with van der Waals surface area (Å²) in [5.41, 5.74) is 0.568. The number of pyridine rings is 1. The highest BCUT2D eigenvalue weighted by Crippen LogP contribution is 2.39. The Bertz CT molecular complexity index is 1010. The van der Waals surface area contributed by atoms with E-state index in [4.69, 9.17) is 9.47 Å². The molecule has 1 unspecified atom stereocenters. The van der Waals surface area contributed by atoms with Gasteiger partial charge in [-0.3, -0.25) is 9.62 Å². The lowest BCUT2D eigenvalue weighted by atomic mass is 10.0. The lowest BCUT2D eigenvalue weighted by Gasteiger charge is -2.34. The molecule has 0 saturated carbocycles. The van der Waals surface area contributed by atoms with Gasteiger partial charge in [0.1, 0.15) is 5.75 Å². The van der Waals surface area contributed by atoms with Crippen LogP contribution in [0.5, 0.6) is 11.5 Å². The molecule has 31 heavy (non-hydrogen) atoms. The zero-order valence-corrected chi connectivity index (χ0v) is 18.0. The van der Waals surface area contributed by atoms with Crippen molar-refractivity contribution in [1.29, 1.82) is 0 Å². The second-order valence-corrected chi connectivity index (χ2v) is 7.61. The number of aromatic nitrogens is 1. The fourth-order valence-corrected chi connectivity index (χ4v) is 3.21. The summed E-state index contributed by atoms with van der Waals surface area (Å²) in [6.07, 6.45) is -0.105. The third kappa shape index (κ3) is 4.80. The summed E-state index contributed by atoms with van der Waals surface area (Å²) in [5, 5.41) is 0. The van der Waals surface area contributed by atoms with Crippen molar-refractivity contribution < 1.29 is 27.8 Å². The first-order chi connectivity index (χ1) is 14.7. The highest BCUT2D eigenvalue weighted by Gasteiger charge is 2.34. The van der Waals surface area contributed by atoms with E-state index in [0.717, 1.165) is 29.2 Å². The topological polar surface area (TPSA) is 96.0 Å². The fourth-order valence-electron chi connectivity index (χ4n) is 2.87. The zero-order valence-electron chi connectivity index (χ0n) is 17.2. The predicted molar refractivity (Wildman–Crippen MR) is 111 cm³/mol. The molecule has 12 heteroatoms. The second-order valence-electron chi connectivity index (χ2n) is 6.80. The molecule has 0 saturated heterocycles. The van der Waals surface area contributed by atoms with Gasteiger partial charge >= 0.3 is 12.2 Å². The maximum atomic E-state index is 14.7. The van der Waals surface area contributed by atoms with E-state index < -0.39 is 29.9 Å². The first kappa shape index (κ1) is 22.6. The molecule has 1 aromatic heterocycles. The maximum Gasteiger partial charge on any atom is 0.416 e. The second kappa shape index (κ2) is 9.35. The van der Waals surface area contributed by atoms with Crippen LogP contribution < -0.4 is 18.9 Å². The third-order valence-electron chi connectivity index (χ3n) is 4.54. The van der Waals surface area contributed by atoms with E-state index in [1.54, 1.807) is 14.0 Å². The zero-order chi connectivity index (χ0) is 22.7. The van der Waals surface area contributed by atoms with Gasteiger partial charge in [0.15, 0.2) is 23.2 Å². The number of hydrogen-bond acceptors (Lipinski definition) is 8. The molecule has 166 valence electrons. The molecule has 2 amide bonds. The van der Waals surface area contributed by atoms with E-state index in [1.807, 2.05) is 0 Å². The number of anilines is 1. The Labute approximate surface area is 182 Å². The Hall–Kier alpha value is -3.12. The van der Waals surface area contributed by atoms with Gasteiger partial charge in [-0.15, -0.1) is 0 Å². The van der Waals surface area contributed by atoms with Crippen LogP contribution >= 0.6 is 12.1 Å². The van der Waals surface area contributed by atoms with Crippen LogP contribution in [0.1, 0.15) is 24.1 Å². The van der Waals surface area contributed by atoms with Crippen molar-refractivity contribution in [1.82, 2.24) is 19.5 Å². The minimum atomic E-state index is -0.788. The molecule has 0 bridgehead atoms. The molecule has 1 aromatic carbocycles. The molecule has 2 aromatic rings. The molecule has 0 fully saturated rings. The molecule has 0 radical (unpaired) electrons. The SMILES string of the molecule is CNSNc1nccc(CN2C(=O)Oc3cc(OC(=O)N(C)C)c(F)cc3C2C)c1F. The van der Waals surface area contributed by atoms with Gasteiger partial charge in [-0.05, 0) is 26.1 Å². The van der Waals surface area contributed by atoms with Gasteiger partial charge in [0.25, 0.3) is 0 Å². The Kier molecular flexibility index (Phi) is 6.81. The van der Waals surface area contributed by atoms with Crippen molar-refractivity contribution in [2.75, 3.05) is 25.9 Å². The van der Waals surface area contributed by atoms with Crippen LogP contribution in [0.3, 0.4) is 0 Å². The van der Waals surface area contributed by atoms with Crippen LogP contribution in [-0.2, 0) is 6.54 Å². The minimum absolute atomic E-state index is 0.00803. The quantitative estimate of drug-likeness (QED) is 0.640. The number of carbonyl (C=O) groups excluding carboxylic acids is 2. The number of rotatable bonds is 6. The molecule has 1 atom stereocenters. The molecule has 9 nitrogen and oxygen atoms in total. The smallest absolute Gasteiger partial charge is 0.410 e. The largest absolute Gasteiger partial charge is 0.416 e. The van der Waals surface area contributed by atoms with Crippen LogP contribution in [-0.4, -0.2) is 48.1 Å². The number of nitrogens with zero attached hydrogens (tertiary/aromatic N) is 3. The summed E-state index contributed by atoms with van der Waals surface area (Å²) in [7, 11) is 4.57. The van der Waals surface area contributed by atoms with Gasteiger partial charge in [-0.1, -0.05) is 0 Å². The standard InChI is InChI=1S/C19H21F2N5O4S/c1-10-12-7-13(20)15(30-18(27)25(3)4)8-14(12)29-19(28)26(10)9-11-5-6-23-17(16(11)21)24-31-22-2/h5-8,10,22H,9H2,1-4H3,(H,23,24). The van der Waals surface area contributed by atoms with Gasteiger partial charge < -0.3 is 14.4 Å². The summed E-state index contributed by atoms with van der Waals surface area (Å²) in [6.45, 7) is 1.55. The van der Waals surface area contributed by atoms with E-state index in [-0.39, 0.29) is 29.4 Å². The molecule has 1 aliphatic rings. The maximum absolute atomic E-state index is 14.7. The normalized spacial score (nSPS) is 15.2. The molecule has 3 rings (SSSR count). The number of carbonyl (C=O) groups is 2. The van der Waals surface area contributed by atoms with Crippen molar-refractivity contribution in [3.63, 3.8) is 0 Å². The van der Waals surface area contributed by atoms with Crippen molar-refractivity contribution >= 4 is 30.1 Å². The molecular formula is C19H21F2N5O4S. The summed E-state index contributed by atoms with van der Waals surface area (Å²) in [4.78, 5) is 30.6. The van der Waals surface area contributed by atoms with Gasteiger partial charge in [0.05, 0.1) is 12.6 Å². The molecular weight excluding hydrogens is 432 g/mol. The number of amides is 2. The minimum Gasteiger partial charge on any atom is -0.410 e. The average Bonchev–Trinajstić information content (AvgIpc) is 2.72. The average molecular weight is 453 g/mol. The Morgan fingerprint density at radius 1 is 1.39 bits per heavy atom. The lowest BCUT2D eigenvalue weighted by molar-refractivity contribution is 0.116. The van der Waals surface area contributed by atoms with Gasteiger partial charge in [-0.25, -0.2) is 28.1 Å². The van der Waals surface area contributed by atoms with Gasteiger partial charge in [-0.2, -0.15) is 0 Å². The van der Waals surface area contributed by atoms with Crippen LogP contribution in [0.25, 0.3) is 0 Å². The van der Waals surface area contributed by atoms with Crippen molar-refractivity contribution in [3.8, 4) is 11.5 Å². The first-order valence-electron chi connectivity index (χ1n) is 9.16. The number of hydrogen-bond donors (Lipinski definition) is 2. The fraction of sp³-hybridized carbons (Fsp3) is 0.316. The van der Waals surface area contributed by atoms with Crippen molar-refractivity contribution in [3.05, 3.63) is 47.2 Å². The number of ether oxygens (including phenoxy) is 2. The van der Waals surface area contributed by atoms with E-state index in [2.05, 4.69) is 14.4 Å². The summed E-state index contributed by atoms with van der Waals surface area (Å²) < 4.78 is 45.0. The van der Waals surface area contributed by atoms with Crippen LogP contribution in [0.2, 0.25) is 0 Å². The van der Waals surface area contributed by atoms with Crippen molar-refractivity contribution in [2.45, 2.75) is 19.5 Å². The molecule has 2 heterocycles. The number of fused-ring (bicyclic) bond motifs is 1. The van der Waals surface area contributed by atoms with E-state index in [9.17, 15) is 18.4 Å². The van der Waals surface area contributed by atoms with E-state index >= 15 is 0 Å². The summed E-state index contributed by atoms with van der Waals surface area (Å²) in [6, 6.07) is 3.11. The lowest BCUT2D eigenvalue weighted by Crippen LogP contribution is -2.39. The van der Waals surface area contributed by atoms with Gasteiger partial charge in [0.2, 0.25) is 0 Å². The first-order valence-corrected chi connectivity index (χ1v) is 9.97. The molecule has 0 aliphatic carbocycles. The van der Waals surface area contributed by atoms with E-state index in [1.165, 1.54) is 31.3 Å².